The van der Waals surface area contributed by atoms with Crippen LogP contribution in [-0.2, 0) is 4.74 Å². The van der Waals surface area contributed by atoms with Gasteiger partial charge in [0.1, 0.15) is 11.6 Å². The fourth-order valence-corrected chi connectivity index (χ4v) is 4.49. The second-order valence-corrected chi connectivity index (χ2v) is 7.47. The highest BCUT2D eigenvalue weighted by atomic mass is 16.6. The Hall–Kier alpha value is -3.03. The maximum atomic E-state index is 11.8. The highest BCUT2D eigenvalue weighted by Crippen LogP contribution is 2.50. The van der Waals surface area contributed by atoms with Gasteiger partial charge in [-0.1, -0.05) is 0 Å². The topological polar surface area (TPSA) is 107 Å². The van der Waals surface area contributed by atoms with Gasteiger partial charge in [-0.3, -0.25) is 4.79 Å². The lowest BCUT2D eigenvalue weighted by Gasteiger charge is -2.26. The third-order valence-electron chi connectivity index (χ3n) is 5.90. The molecule has 2 unspecified atom stereocenters. The number of rotatable bonds is 4. The van der Waals surface area contributed by atoms with Gasteiger partial charge in [-0.2, -0.15) is 0 Å². The van der Waals surface area contributed by atoms with Crippen molar-refractivity contribution in [3.05, 3.63) is 30.0 Å². The molecule has 3 aliphatic rings. The first kappa shape index (κ1) is 16.2. The van der Waals surface area contributed by atoms with Crippen LogP contribution in [0.2, 0.25) is 0 Å². The van der Waals surface area contributed by atoms with Crippen LogP contribution in [0.25, 0.3) is 10.8 Å². The van der Waals surface area contributed by atoms with Crippen molar-refractivity contribution >= 4 is 28.6 Å². The molecule has 2 saturated heterocycles. The molecular formula is C19H20N4O4. The predicted molar refractivity (Wildman–Crippen MR) is 97.9 cm³/mol. The van der Waals surface area contributed by atoms with Gasteiger partial charge in [0, 0.05) is 24.0 Å². The van der Waals surface area contributed by atoms with Crippen LogP contribution in [0.3, 0.4) is 0 Å². The molecule has 8 heteroatoms. The molecule has 27 heavy (non-hydrogen) atoms. The number of nitrogens with one attached hydrogen (secondary N) is 1. The van der Waals surface area contributed by atoms with Gasteiger partial charge in [0.2, 0.25) is 0 Å². The lowest BCUT2D eigenvalue weighted by Crippen LogP contribution is -2.44. The van der Waals surface area contributed by atoms with Crippen molar-refractivity contribution in [2.24, 2.45) is 11.7 Å². The first-order chi connectivity index (χ1) is 13.0. The average Bonchev–Trinajstić information content (AvgIpc) is 3.38. The number of alkyl carbamates (subject to hydrolysis) is 1. The van der Waals surface area contributed by atoms with Gasteiger partial charge in [-0.05, 0) is 36.4 Å². The van der Waals surface area contributed by atoms with Gasteiger partial charge in [-0.25, -0.2) is 9.78 Å². The first-order valence-corrected chi connectivity index (χ1v) is 9.03. The number of fused-ring (bicyclic) bond motifs is 2. The Morgan fingerprint density at radius 1 is 1.44 bits per heavy atom. The number of pyridine rings is 1. The lowest BCUT2D eigenvalue weighted by atomic mass is 9.93. The number of aromatic nitrogens is 1. The third kappa shape index (κ3) is 2.32. The quantitative estimate of drug-likeness (QED) is 0.845. The molecule has 140 valence electrons. The van der Waals surface area contributed by atoms with E-state index in [0.29, 0.717) is 30.3 Å². The fourth-order valence-electron chi connectivity index (χ4n) is 4.49. The van der Waals surface area contributed by atoms with Crippen LogP contribution in [0.5, 0.6) is 5.75 Å². The van der Waals surface area contributed by atoms with Crippen LogP contribution in [0.4, 0.5) is 10.6 Å². The van der Waals surface area contributed by atoms with E-state index in [9.17, 15) is 9.59 Å². The van der Waals surface area contributed by atoms with Gasteiger partial charge >= 0.3 is 6.09 Å². The number of nitrogens with zero attached hydrogens (tertiary/aromatic N) is 2. The van der Waals surface area contributed by atoms with E-state index in [0.717, 1.165) is 29.4 Å². The van der Waals surface area contributed by atoms with Crippen LogP contribution >= 0.6 is 0 Å². The van der Waals surface area contributed by atoms with Crippen LogP contribution in [0.1, 0.15) is 23.2 Å². The van der Waals surface area contributed by atoms with Gasteiger partial charge in [0.05, 0.1) is 25.3 Å². The third-order valence-corrected chi connectivity index (χ3v) is 5.90. The number of hydrogen-bond acceptors (Lipinski definition) is 6. The fraction of sp³-hybridized carbons (Fsp3) is 0.421. The van der Waals surface area contributed by atoms with Crippen molar-refractivity contribution in [3.63, 3.8) is 0 Å². The minimum Gasteiger partial charge on any atom is -0.496 e. The van der Waals surface area contributed by atoms with E-state index < -0.39 is 11.5 Å². The molecule has 3 fully saturated rings. The normalized spacial score (nSPS) is 26.6. The van der Waals surface area contributed by atoms with Crippen LogP contribution in [0.15, 0.2) is 24.4 Å². The summed E-state index contributed by atoms with van der Waals surface area (Å²) in [6.07, 6.45) is 3.55. The Morgan fingerprint density at radius 2 is 2.26 bits per heavy atom. The molecule has 0 radical (unpaired) electrons. The molecule has 1 aliphatic carbocycles. The molecule has 0 spiro atoms. The monoisotopic (exact) mass is 368 g/mol. The van der Waals surface area contributed by atoms with E-state index in [-0.39, 0.29) is 12.1 Å². The molecule has 1 aromatic heterocycles. The van der Waals surface area contributed by atoms with E-state index in [4.69, 9.17) is 15.2 Å². The summed E-state index contributed by atoms with van der Waals surface area (Å²) in [5.41, 5.74) is 5.34. The van der Waals surface area contributed by atoms with Gasteiger partial charge in [0.25, 0.3) is 5.91 Å². The summed E-state index contributed by atoms with van der Waals surface area (Å²) < 4.78 is 11.1. The number of hydrogen-bond donors (Lipinski definition) is 2. The molecule has 2 amide bonds. The molecule has 1 saturated carbocycles. The molecule has 3 N–H and O–H groups in total. The maximum Gasteiger partial charge on any atom is 0.408 e. The zero-order valence-corrected chi connectivity index (χ0v) is 14.9. The number of methoxy groups -OCH3 is 1. The van der Waals surface area contributed by atoms with Crippen molar-refractivity contribution < 1.29 is 19.1 Å². The second kappa shape index (κ2) is 5.48. The number of ether oxygens (including phenoxy) is 2. The largest absolute Gasteiger partial charge is 0.496 e. The summed E-state index contributed by atoms with van der Waals surface area (Å²) in [7, 11) is 1.51. The molecule has 0 bridgehead atoms. The number of carbonyl (C=O) groups is 2. The summed E-state index contributed by atoms with van der Waals surface area (Å²) >= 11 is 0. The highest BCUT2D eigenvalue weighted by molar-refractivity contribution is 6.03. The van der Waals surface area contributed by atoms with Crippen LogP contribution in [-0.4, -0.2) is 48.8 Å². The van der Waals surface area contributed by atoms with E-state index in [1.807, 2.05) is 6.07 Å². The van der Waals surface area contributed by atoms with Crippen molar-refractivity contribution in [3.8, 4) is 5.75 Å². The number of nitrogens with two attached hydrogens (primary N) is 1. The Balaban J connectivity index is 1.58. The van der Waals surface area contributed by atoms with Crippen LogP contribution < -0.4 is 20.7 Å². The van der Waals surface area contributed by atoms with E-state index in [1.165, 1.54) is 7.11 Å². The van der Waals surface area contributed by atoms with Gasteiger partial charge in [0.15, 0.2) is 5.60 Å². The Kier molecular flexibility index (Phi) is 3.28. The number of anilines is 1. The number of amides is 2. The van der Waals surface area contributed by atoms with Crippen molar-refractivity contribution in [1.82, 2.24) is 10.3 Å². The van der Waals surface area contributed by atoms with E-state index >= 15 is 0 Å². The molecular weight excluding hydrogens is 348 g/mol. The zero-order chi connectivity index (χ0) is 18.8. The van der Waals surface area contributed by atoms with Crippen molar-refractivity contribution in [1.29, 1.82) is 0 Å². The molecule has 2 atom stereocenters. The minimum absolute atomic E-state index is 0.0404. The second-order valence-electron chi connectivity index (χ2n) is 7.47. The van der Waals surface area contributed by atoms with Gasteiger partial charge < -0.3 is 25.4 Å². The number of primary amides is 1. The van der Waals surface area contributed by atoms with Crippen molar-refractivity contribution in [2.75, 3.05) is 25.1 Å². The Morgan fingerprint density at radius 3 is 2.96 bits per heavy atom. The standard InChI is InChI=1S/C19H20N4O4/c1-26-14-7-12-10(6-13(14)16(20)24)4-5-21-17(12)23-8-15-19(9-23,11-2-3-11)27-18(25)22-15/h4-7,11,15H,2-3,8-9H2,1H3,(H2,20,24)(H,22,25). The molecule has 5 rings (SSSR count). The average molecular weight is 368 g/mol. The summed E-state index contributed by atoms with van der Waals surface area (Å²) in [4.78, 5) is 30.2. The summed E-state index contributed by atoms with van der Waals surface area (Å²) in [5, 5.41) is 4.69. The van der Waals surface area contributed by atoms with Crippen LogP contribution in [0, 0.1) is 5.92 Å². The summed E-state index contributed by atoms with van der Waals surface area (Å²) in [6.45, 7) is 1.24. The molecule has 2 aliphatic heterocycles. The van der Waals surface area contributed by atoms with Crippen molar-refractivity contribution in [2.45, 2.75) is 24.5 Å². The number of benzene rings is 1. The van der Waals surface area contributed by atoms with Gasteiger partial charge in [-0.15, -0.1) is 0 Å². The maximum absolute atomic E-state index is 11.8. The first-order valence-electron chi connectivity index (χ1n) is 9.03. The van der Waals surface area contributed by atoms with E-state index in [2.05, 4.69) is 15.2 Å². The zero-order valence-electron chi connectivity index (χ0n) is 14.9. The molecule has 2 aromatic rings. The molecule has 8 nitrogen and oxygen atoms in total. The molecule has 1 aromatic carbocycles. The Bertz CT molecular complexity index is 974. The highest BCUT2D eigenvalue weighted by Gasteiger charge is 2.62. The lowest BCUT2D eigenvalue weighted by molar-refractivity contribution is 0.0417. The van der Waals surface area contributed by atoms with E-state index in [1.54, 1.807) is 18.3 Å². The molecule has 3 heterocycles. The summed E-state index contributed by atoms with van der Waals surface area (Å²) in [6, 6.07) is 5.33. The predicted octanol–water partition coefficient (Wildman–Crippen LogP) is 1.42. The minimum atomic E-state index is -0.536. The smallest absolute Gasteiger partial charge is 0.408 e. The Labute approximate surface area is 155 Å². The summed E-state index contributed by atoms with van der Waals surface area (Å²) in [5.74, 6) is 1.07. The number of carbonyl (C=O) groups excluding carboxylic acids is 2. The SMILES string of the molecule is COc1cc2c(N3CC4NC(=O)OC4(C4CC4)C3)nccc2cc1C(N)=O.